The van der Waals surface area contributed by atoms with E-state index in [1.807, 2.05) is 0 Å². The fourth-order valence-corrected chi connectivity index (χ4v) is 8.14. The highest BCUT2D eigenvalue weighted by atomic mass is 16.6. The van der Waals surface area contributed by atoms with Crippen molar-refractivity contribution in [2.75, 3.05) is 13.2 Å². The molecule has 0 aliphatic heterocycles. The fourth-order valence-electron chi connectivity index (χ4n) is 8.14. The molecule has 0 spiro atoms. The minimum Gasteiger partial charge on any atom is -0.462 e. The predicted octanol–water partition coefficient (Wildman–Crippen LogP) is 17.8. The molecular formula is C55H104O6. The Morgan fingerprint density at radius 3 is 0.820 bits per heavy atom. The van der Waals surface area contributed by atoms with Gasteiger partial charge in [-0.1, -0.05) is 251 Å². The van der Waals surface area contributed by atoms with Gasteiger partial charge in [-0.3, -0.25) is 14.4 Å². The van der Waals surface area contributed by atoms with Crippen molar-refractivity contribution in [1.29, 1.82) is 0 Å². The number of hydrogen-bond donors (Lipinski definition) is 0. The number of allylic oxidation sites excluding steroid dienone is 2. The fraction of sp³-hybridized carbons (Fsp3) is 0.909. The summed E-state index contributed by atoms with van der Waals surface area (Å²) in [5, 5.41) is 0. The van der Waals surface area contributed by atoms with Gasteiger partial charge in [0.05, 0.1) is 0 Å². The smallest absolute Gasteiger partial charge is 0.306 e. The quantitative estimate of drug-likeness (QED) is 0.0262. The van der Waals surface area contributed by atoms with Crippen LogP contribution in [-0.2, 0) is 28.6 Å². The van der Waals surface area contributed by atoms with Crippen molar-refractivity contribution in [3.8, 4) is 0 Å². The summed E-state index contributed by atoms with van der Waals surface area (Å²) < 4.78 is 16.8. The van der Waals surface area contributed by atoms with Crippen LogP contribution in [0.15, 0.2) is 12.2 Å². The zero-order valence-corrected chi connectivity index (χ0v) is 41.2. The lowest BCUT2D eigenvalue weighted by molar-refractivity contribution is -0.167. The first-order valence-electron chi connectivity index (χ1n) is 27.2. The third kappa shape index (κ3) is 49.0. The van der Waals surface area contributed by atoms with Gasteiger partial charge in [0.15, 0.2) is 6.10 Å². The van der Waals surface area contributed by atoms with Crippen LogP contribution in [-0.4, -0.2) is 37.2 Å². The molecule has 0 N–H and O–H groups in total. The number of carbonyl (C=O) groups is 3. The molecule has 0 heterocycles. The summed E-state index contributed by atoms with van der Waals surface area (Å²) in [7, 11) is 0. The molecule has 0 amide bonds. The van der Waals surface area contributed by atoms with Gasteiger partial charge >= 0.3 is 17.9 Å². The maximum Gasteiger partial charge on any atom is 0.306 e. The van der Waals surface area contributed by atoms with E-state index >= 15 is 0 Å². The lowest BCUT2D eigenvalue weighted by atomic mass is 10.0. The second-order valence-electron chi connectivity index (χ2n) is 18.5. The van der Waals surface area contributed by atoms with Crippen LogP contribution in [0.4, 0.5) is 0 Å². The minimum atomic E-state index is -0.764. The van der Waals surface area contributed by atoms with E-state index in [4.69, 9.17) is 14.2 Å². The van der Waals surface area contributed by atoms with Gasteiger partial charge < -0.3 is 14.2 Å². The van der Waals surface area contributed by atoms with Gasteiger partial charge in [0.2, 0.25) is 0 Å². The van der Waals surface area contributed by atoms with Crippen molar-refractivity contribution in [1.82, 2.24) is 0 Å². The Kier molecular flexibility index (Phi) is 49.3. The van der Waals surface area contributed by atoms with Crippen LogP contribution in [0.25, 0.3) is 0 Å². The maximum atomic E-state index is 12.8. The van der Waals surface area contributed by atoms with Crippen LogP contribution in [0, 0.1) is 0 Å². The maximum absolute atomic E-state index is 12.8. The van der Waals surface area contributed by atoms with Crippen molar-refractivity contribution in [3.63, 3.8) is 0 Å². The van der Waals surface area contributed by atoms with Crippen molar-refractivity contribution in [3.05, 3.63) is 12.2 Å². The second-order valence-corrected chi connectivity index (χ2v) is 18.5. The summed E-state index contributed by atoms with van der Waals surface area (Å²) in [6.45, 7) is 6.67. The van der Waals surface area contributed by atoms with E-state index in [0.29, 0.717) is 19.3 Å². The van der Waals surface area contributed by atoms with Gasteiger partial charge in [0.25, 0.3) is 0 Å². The van der Waals surface area contributed by atoms with Crippen molar-refractivity contribution in [2.24, 2.45) is 0 Å². The minimum absolute atomic E-state index is 0.0657. The molecule has 0 saturated carbocycles. The van der Waals surface area contributed by atoms with Gasteiger partial charge in [-0.05, 0) is 44.9 Å². The van der Waals surface area contributed by atoms with E-state index in [2.05, 4.69) is 32.9 Å². The third-order valence-electron chi connectivity index (χ3n) is 12.3. The van der Waals surface area contributed by atoms with Crippen molar-refractivity contribution < 1.29 is 28.6 Å². The standard InChI is InChI=1S/C55H104O6/c1-4-7-10-13-16-19-22-25-27-28-29-31-33-36-39-42-45-48-54(57)60-51-52(50-59-53(56)47-44-41-38-35-32-24-21-18-15-12-9-6-3)61-55(58)49-46-43-40-37-34-30-26-23-20-17-14-11-8-5-2/h25,27,52H,4-24,26,28-51H2,1-3H3/b27-25-/t52-/m1/s1. The predicted molar refractivity (Wildman–Crippen MR) is 261 cm³/mol. The number of hydrogen-bond acceptors (Lipinski definition) is 6. The summed E-state index contributed by atoms with van der Waals surface area (Å²) in [6.07, 6.45) is 56.2. The van der Waals surface area contributed by atoms with Crippen LogP contribution < -0.4 is 0 Å². The number of unbranched alkanes of at least 4 members (excludes halogenated alkanes) is 37. The zero-order chi connectivity index (χ0) is 44.4. The molecule has 6 nitrogen and oxygen atoms in total. The van der Waals surface area contributed by atoms with E-state index in [0.717, 1.165) is 57.8 Å². The molecular weight excluding hydrogens is 757 g/mol. The second kappa shape index (κ2) is 50.8. The van der Waals surface area contributed by atoms with Gasteiger partial charge in [-0.15, -0.1) is 0 Å². The number of rotatable bonds is 50. The molecule has 1 atom stereocenters. The van der Waals surface area contributed by atoms with Gasteiger partial charge in [-0.2, -0.15) is 0 Å². The summed E-state index contributed by atoms with van der Waals surface area (Å²) in [5.41, 5.74) is 0. The lowest BCUT2D eigenvalue weighted by Gasteiger charge is -2.18. The van der Waals surface area contributed by atoms with Crippen molar-refractivity contribution in [2.45, 2.75) is 309 Å². The summed E-state index contributed by atoms with van der Waals surface area (Å²) in [4.78, 5) is 38.0. The molecule has 0 bridgehead atoms. The Morgan fingerprint density at radius 1 is 0.311 bits per heavy atom. The van der Waals surface area contributed by atoms with Crippen LogP contribution in [0.3, 0.4) is 0 Å². The Hall–Kier alpha value is -1.85. The highest BCUT2D eigenvalue weighted by Gasteiger charge is 2.19. The van der Waals surface area contributed by atoms with Crippen molar-refractivity contribution >= 4 is 17.9 Å². The Morgan fingerprint density at radius 2 is 0.541 bits per heavy atom. The zero-order valence-electron chi connectivity index (χ0n) is 41.2. The van der Waals surface area contributed by atoms with Gasteiger partial charge in [0, 0.05) is 19.3 Å². The van der Waals surface area contributed by atoms with E-state index in [-0.39, 0.29) is 31.1 Å². The normalized spacial score (nSPS) is 12.0. The molecule has 0 radical (unpaired) electrons. The number of esters is 3. The molecule has 0 fully saturated rings. The van der Waals surface area contributed by atoms with E-state index in [1.54, 1.807) is 0 Å². The Labute approximate surface area is 380 Å². The first kappa shape index (κ1) is 59.1. The molecule has 61 heavy (non-hydrogen) atoms. The first-order chi connectivity index (χ1) is 30.0. The van der Waals surface area contributed by atoms with E-state index < -0.39 is 6.10 Å². The van der Waals surface area contributed by atoms with Crippen LogP contribution in [0.5, 0.6) is 0 Å². The van der Waals surface area contributed by atoms with Crippen LogP contribution in [0.1, 0.15) is 303 Å². The molecule has 0 aliphatic carbocycles. The number of ether oxygens (including phenoxy) is 3. The Balaban J connectivity index is 4.31. The van der Waals surface area contributed by atoms with E-state index in [1.165, 1.54) is 205 Å². The molecule has 0 aromatic rings. The first-order valence-corrected chi connectivity index (χ1v) is 27.2. The molecule has 0 aromatic heterocycles. The largest absolute Gasteiger partial charge is 0.462 e. The monoisotopic (exact) mass is 861 g/mol. The Bertz CT molecular complexity index is 947. The van der Waals surface area contributed by atoms with Crippen LogP contribution in [0.2, 0.25) is 0 Å². The topological polar surface area (TPSA) is 78.9 Å². The van der Waals surface area contributed by atoms with Gasteiger partial charge in [0.1, 0.15) is 13.2 Å². The summed E-state index contributed by atoms with van der Waals surface area (Å²) >= 11 is 0. The molecule has 0 aromatic carbocycles. The third-order valence-corrected chi connectivity index (χ3v) is 12.3. The average Bonchev–Trinajstić information content (AvgIpc) is 3.26. The molecule has 360 valence electrons. The van der Waals surface area contributed by atoms with E-state index in [9.17, 15) is 14.4 Å². The molecule has 0 aliphatic rings. The molecule has 0 rings (SSSR count). The SMILES string of the molecule is CCCCCCCC/C=C\CCCCCCCCCC(=O)OC[C@@H](COC(=O)CCCCCCCCCCCCCC)OC(=O)CCCCCCCCCCCCCCCC. The number of carbonyl (C=O) groups excluding carboxylic acids is 3. The lowest BCUT2D eigenvalue weighted by Crippen LogP contribution is -2.30. The summed E-state index contributed by atoms with van der Waals surface area (Å²) in [6, 6.07) is 0. The average molecular weight is 861 g/mol. The summed E-state index contributed by atoms with van der Waals surface area (Å²) in [5.74, 6) is -0.851. The highest BCUT2D eigenvalue weighted by molar-refractivity contribution is 5.71. The molecule has 0 saturated heterocycles. The van der Waals surface area contributed by atoms with Crippen LogP contribution >= 0.6 is 0 Å². The van der Waals surface area contributed by atoms with Gasteiger partial charge in [-0.25, -0.2) is 0 Å². The molecule has 0 unspecified atom stereocenters. The molecule has 6 heteroatoms. The highest BCUT2D eigenvalue weighted by Crippen LogP contribution is 2.16.